The summed E-state index contributed by atoms with van der Waals surface area (Å²) in [6.07, 6.45) is 0.882. The van der Waals surface area contributed by atoms with Gasteiger partial charge < -0.3 is 4.74 Å². The Morgan fingerprint density at radius 3 is 2.04 bits per heavy atom. The highest BCUT2D eigenvalue weighted by molar-refractivity contribution is 6.43. The summed E-state index contributed by atoms with van der Waals surface area (Å²) in [5, 5.41) is 0.0475. The molecular weight excluding hydrogens is 336 g/mol. The summed E-state index contributed by atoms with van der Waals surface area (Å²) >= 11 is 6.09. The Morgan fingerprint density at radius 2 is 1.52 bits per heavy atom. The van der Waals surface area contributed by atoms with E-state index in [4.69, 9.17) is 16.3 Å². The second-order valence-corrected chi connectivity index (χ2v) is 6.73. The highest BCUT2D eigenvalue weighted by atomic mass is 35.5. The molecule has 0 amide bonds. The molecule has 1 aliphatic carbocycles. The van der Waals surface area contributed by atoms with Crippen LogP contribution in [0.4, 0.5) is 0 Å². The highest BCUT2D eigenvalue weighted by Crippen LogP contribution is 2.33. The predicted octanol–water partition coefficient (Wildman–Crippen LogP) is 4.81. The van der Waals surface area contributed by atoms with Crippen LogP contribution < -0.4 is 0 Å². The lowest BCUT2D eigenvalue weighted by Gasteiger charge is -2.23. The van der Waals surface area contributed by atoms with Crippen LogP contribution in [0.3, 0.4) is 0 Å². The molecule has 0 bridgehead atoms. The van der Waals surface area contributed by atoms with E-state index >= 15 is 0 Å². The summed E-state index contributed by atoms with van der Waals surface area (Å²) in [5.41, 5.74) is 1.68. The van der Waals surface area contributed by atoms with Crippen molar-refractivity contribution >= 4 is 23.4 Å². The van der Waals surface area contributed by atoms with E-state index in [1.165, 1.54) is 0 Å². The fourth-order valence-electron chi connectivity index (χ4n) is 3.06. The van der Waals surface area contributed by atoms with Gasteiger partial charge in [-0.15, -0.1) is 0 Å². The Kier molecular flexibility index (Phi) is 5.34. The zero-order valence-electron chi connectivity index (χ0n) is 13.9. The van der Waals surface area contributed by atoms with Gasteiger partial charge in [0.05, 0.1) is 0 Å². The van der Waals surface area contributed by atoms with Crippen molar-refractivity contribution in [2.24, 2.45) is 5.92 Å². The summed E-state index contributed by atoms with van der Waals surface area (Å²) in [7, 11) is 0. The Bertz CT molecular complexity index is 757. The van der Waals surface area contributed by atoms with Gasteiger partial charge in [-0.2, -0.15) is 0 Å². The van der Waals surface area contributed by atoms with Gasteiger partial charge in [0.15, 0.2) is 5.78 Å². The van der Waals surface area contributed by atoms with Crippen molar-refractivity contribution in [3.8, 4) is 0 Å². The maximum atomic E-state index is 12.9. The summed E-state index contributed by atoms with van der Waals surface area (Å²) in [4.78, 5) is 24.9. The van der Waals surface area contributed by atoms with Gasteiger partial charge >= 0.3 is 5.97 Å². The van der Waals surface area contributed by atoms with Gasteiger partial charge in [-0.25, -0.2) is 0 Å². The molecule has 0 N–H and O–H groups in total. The SMILES string of the molecule is CC1CC(=O)C(Cl)=C(OC(=O)C(c2ccccc2)c2ccccc2)C1. The molecule has 3 rings (SSSR count). The molecule has 0 radical (unpaired) electrons. The van der Waals surface area contributed by atoms with E-state index < -0.39 is 11.9 Å². The normalized spacial score (nSPS) is 17.7. The molecule has 2 aromatic carbocycles. The first kappa shape index (κ1) is 17.4. The maximum absolute atomic E-state index is 12.9. The van der Waals surface area contributed by atoms with Crippen LogP contribution >= 0.6 is 11.6 Å². The van der Waals surface area contributed by atoms with Crippen LogP contribution in [0.25, 0.3) is 0 Å². The second kappa shape index (κ2) is 7.66. The van der Waals surface area contributed by atoms with E-state index in [2.05, 4.69) is 0 Å². The third-order valence-corrected chi connectivity index (χ3v) is 4.70. The summed E-state index contributed by atoms with van der Waals surface area (Å²) < 4.78 is 5.60. The zero-order valence-corrected chi connectivity index (χ0v) is 14.7. The Labute approximate surface area is 152 Å². The molecule has 2 aromatic rings. The van der Waals surface area contributed by atoms with Crippen molar-refractivity contribution in [3.63, 3.8) is 0 Å². The number of hydrogen-bond donors (Lipinski definition) is 0. The molecule has 3 nitrogen and oxygen atoms in total. The maximum Gasteiger partial charge on any atom is 0.323 e. The summed E-state index contributed by atoms with van der Waals surface area (Å²) in [5.74, 6) is -0.754. The van der Waals surface area contributed by atoms with Gasteiger partial charge in [0, 0.05) is 12.8 Å². The molecule has 128 valence electrons. The molecule has 1 atom stereocenters. The fraction of sp³-hybridized carbons (Fsp3) is 0.238. The van der Waals surface area contributed by atoms with Crippen LogP contribution in [0.1, 0.15) is 36.8 Å². The van der Waals surface area contributed by atoms with E-state index in [-0.39, 0.29) is 22.5 Å². The van der Waals surface area contributed by atoms with Gasteiger partial charge in [-0.05, 0) is 17.0 Å². The van der Waals surface area contributed by atoms with Crippen LogP contribution in [0.5, 0.6) is 0 Å². The minimum absolute atomic E-state index is 0.0475. The van der Waals surface area contributed by atoms with Gasteiger partial charge in [0.1, 0.15) is 16.7 Å². The van der Waals surface area contributed by atoms with E-state index in [1.54, 1.807) is 0 Å². The Morgan fingerprint density at radius 1 is 1.00 bits per heavy atom. The first-order valence-corrected chi connectivity index (χ1v) is 8.67. The molecule has 0 saturated carbocycles. The van der Waals surface area contributed by atoms with Crippen molar-refractivity contribution in [1.82, 2.24) is 0 Å². The second-order valence-electron chi connectivity index (χ2n) is 6.35. The fourth-order valence-corrected chi connectivity index (χ4v) is 3.26. The molecule has 0 aliphatic heterocycles. The number of allylic oxidation sites excluding steroid dienone is 2. The number of rotatable bonds is 4. The van der Waals surface area contributed by atoms with Gasteiger partial charge in [-0.1, -0.05) is 79.2 Å². The number of esters is 1. The number of halogens is 1. The van der Waals surface area contributed by atoms with E-state index in [0.29, 0.717) is 12.8 Å². The van der Waals surface area contributed by atoms with Crippen LogP contribution in [-0.4, -0.2) is 11.8 Å². The van der Waals surface area contributed by atoms with Gasteiger partial charge in [-0.3, -0.25) is 9.59 Å². The van der Waals surface area contributed by atoms with E-state index in [1.807, 2.05) is 67.6 Å². The molecule has 0 saturated heterocycles. The number of carbonyl (C=O) groups is 2. The number of benzene rings is 2. The predicted molar refractivity (Wildman–Crippen MR) is 97.1 cm³/mol. The van der Waals surface area contributed by atoms with E-state index in [9.17, 15) is 9.59 Å². The first-order valence-electron chi connectivity index (χ1n) is 8.29. The van der Waals surface area contributed by atoms with Gasteiger partial charge in [0.2, 0.25) is 0 Å². The van der Waals surface area contributed by atoms with E-state index in [0.717, 1.165) is 11.1 Å². The Balaban J connectivity index is 1.93. The number of hydrogen-bond acceptors (Lipinski definition) is 3. The van der Waals surface area contributed by atoms with Crippen molar-refractivity contribution in [2.45, 2.75) is 25.7 Å². The quantitative estimate of drug-likeness (QED) is 0.740. The first-order chi connectivity index (χ1) is 12.1. The lowest BCUT2D eigenvalue weighted by Crippen LogP contribution is -2.22. The number of carbonyl (C=O) groups excluding carboxylic acids is 2. The summed E-state index contributed by atoms with van der Waals surface area (Å²) in [6, 6.07) is 18.9. The molecule has 1 aliphatic rings. The van der Waals surface area contributed by atoms with Gasteiger partial charge in [0.25, 0.3) is 0 Å². The third kappa shape index (κ3) is 3.99. The highest BCUT2D eigenvalue weighted by Gasteiger charge is 2.30. The third-order valence-electron chi connectivity index (χ3n) is 4.28. The van der Waals surface area contributed by atoms with Crippen LogP contribution in [0.15, 0.2) is 71.5 Å². The van der Waals surface area contributed by atoms with Crippen molar-refractivity contribution in [1.29, 1.82) is 0 Å². The van der Waals surface area contributed by atoms with Crippen LogP contribution in [-0.2, 0) is 14.3 Å². The van der Waals surface area contributed by atoms with Crippen LogP contribution in [0.2, 0.25) is 0 Å². The monoisotopic (exact) mass is 354 g/mol. The minimum Gasteiger partial charge on any atom is -0.429 e. The molecule has 0 fully saturated rings. The molecule has 0 heterocycles. The molecule has 4 heteroatoms. The molecule has 0 aromatic heterocycles. The van der Waals surface area contributed by atoms with Crippen molar-refractivity contribution < 1.29 is 14.3 Å². The topological polar surface area (TPSA) is 43.4 Å². The minimum atomic E-state index is -0.563. The largest absolute Gasteiger partial charge is 0.429 e. The standard InChI is InChI=1S/C21H19ClO3/c1-14-12-17(23)20(22)18(13-14)25-21(24)19(15-8-4-2-5-9-15)16-10-6-3-7-11-16/h2-11,14,19H,12-13H2,1H3. The lowest BCUT2D eigenvalue weighted by atomic mass is 9.91. The van der Waals surface area contributed by atoms with Crippen molar-refractivity contribution in [2.75, 3.05) is 0 Å². The molecule has 25 heavy (non-hydrogen) atoms. The smallest absolute Gasteiger partial charge is 0.323 e. The number of Topliss-reactive ketones (excluding diaryl/α,β-unsaturated/α-hetero) is 1. The average Bonchev–Trinajstić information content (AvgIpc) is 2.61. The molecule has 0 spiro atoms. The number of ether oxygens (including phenoxy) is 1. The average molecular weight is 355 g/mol. The molecule has 1 unspecified atom stereocenters. The Hall–Kier alpha value is -2.39. The van der Waals surface area contributed by atoms with Crippen LogP contribution in [0, 0.1) is 5.92 Å². The van der Waals surface area contributed by atoms with Crippen molar-refractivity contribution in [3.05, 3.63) is 82.6 Å². The molecular formula is C21H19ClO3. The number of ketones is 1. The lowest BCUT2D eigenvalue weighted by molar-refractivity contribution is -0.140. The summed E-state index contributed by atoms with van der Waals surface area (Å²) in [6.45, 7) is 1.95. The zero-order chi connectivity index (χ0) is 17.8.